The Kier molecular flexibility index (Phi) is 3.19. The topological polar surface area (TPSA) is 34.9 Å². The number of nitrogens with zero attached hydrogens (tertiary/aromatic N) is 2. The lowest BCUT2D eigenvalue weighted by Gasteiger charge is -2.05. The molecule has 82 valence electrons. The van der Waals surface area contributed by atoms with Gasteiger partial charge in [0.05, 0.1) is 5.69 Å². The van der Waals surface area contributed by atoms with Gasteiger partial charge in [-0.15, -0.1) is 0 Å². The van der Waals surface area contributed by atoms with Crippen molar-refractivity contribution in [3.63, 3.8) is 0 Å². The summed E-state index contributed by atoms with van der Waals surface area (Å²) >= 11 is 17.3. The predicted octanol–water partition coefficient (Wildman–Crippen LogP) is 3.19. The molecule has 6 heteroatoms. The van der Waals surface area contributed by atoms with E-state index in [1.165, 1.54) is 6.07 Å². The van der Waals surface area contributed by atoms with E-state index in [2.05, 4.69) is 5.10 Å². The fraction of sp³-hybridized carbons (Fsp3) is 0. The van der Waals surface area contributed by atoms with Crippen LogP contribution in [0.15, 0.2) is 35.1 Å². The zero-order chi connectivity index (χ0) is 11.7. The Morgan fingerprint density at radius 1 is 1.12 bits per heavy atom. The van der Waals surface area contributed by atoms with Gasteiger partial charge in [-0.3, -0.25) is 4.79 Å². The predicted molar refractivity (Wildman–Crippen MR) is 64.9 cm³/mol. The molecular formula is C10H5Cl3N2O. The van der Waals surface area contributed by atoms with E-state index in [1.54, 1.807) is 24.3 Å². The second kappa shape index (κ2) is 4.45. The van der Waals surface area contributed by atoms with Crippen LogP contribution >= 0.6 is 34.8 Å². The van der Waals surface area contributed by atoms with Crippen LogP contribution in [0.1, 0.15) is 0 Å². The Labute approximate surface area is 106 Å². The molecule has 0 N–H and O–H groups in total. The first kappa shape index (κ1) is 11.5. The molecule has 1 heterocycles. The van der Waals surface area contributed by atoms with Crippen molar-refractivity contribution in [1.29, 1.82) is 0 Å². The summed E-state index contributed by atoms with van der Waals surface area (Å²) in [5, 5.41) is 4.53. The van der Waals surface area contributed by atoms with Gasteiger partial charge in [0.1, 0.15) is 5.02 Å². The molecule has 0 aliphatic heterocycles. The van der Waals surface area contributed by atoms with Crippen molar-refractivity contribution in [3.8, 4) is 5.69 Å². The largest absolute Gasteiger partial charge is 0.290 e. The second-order valence-electron chi connectivity index (χ2n) is 3.01. The summed E-state index contributed by atoms with van der Waals surface area (Å²) in [7, 11) is 0. The van der Waals surface area contributed by atoms with Crippen molar-refractivity contribution in [2.45, 2.75) is 0 Å². The Morgan fingerprint density at radius 2 is 1.88 bits per heavy atom. The SMILES string of the molecule is O=c1c(Cl)cc(Cl)nn1-c1cccc(Cl)c1. The van der Waals surface area contributed by atoms with Crippen molar-refractivity contribution in [2.24, 2.45) is 0 Å². The Balaban J connectivity index is 2.69. The van der Waals surface area contributed by atoms with Crippen molar-refractivity contribution in [1.82, 2.24) is 9.78 Å². The summed E-state index contributed by atoms with van der Waals surface area (Å²) in [6, 6.07) is 7.99. The van der Waals surface area contributed by atoms with E-state index in [0.717, 1.165) is 4.68 Å². The number of halogens is 3. The van der Waals surface area contributed by atoms with Crippen molar-refractivity contribution in [3.05, 3.63) is 55.9 Å². The Hall–Kier alpha value is -1.03. The smallest absolute Gasteiger partial charge is 0.266 e. The molecule has 0 radical (unpaired) electrons. The van der Waals surface area contributed by atoms with Crippen LogP contribution in [-0.4, -0.2) is 9.78 Å². The molecule has 0 aliphatic rings. The maximum absolute atomic E-state index is 11.7. The van der Waals surface area contributed by atoms with Crippen molar-refractivity contribution in [2.75, 3.05) is 0 Å². The fourth-order valence-corrected chi connectivity index (χ4v) is 1.83. The highest BCUT2D eigenvalue weighted by molar-refractivity contribution is 6.33. The summed E-state index contributed by atoms with van der Waals surface area (Å²) in [5.41, 5.74) is 0.0789. The average Bonchev–Trinajstić information content (AvgIpc) is 2.23. The molecule has 2 rings (SSSR count). The molecule has 0 amide bonds. The van der Waals surface area contributed by atoms with Crippen LogP contribution in [0.3, 0.4) is 0 Å². The van der Waals surface area contributed by atoms with Gasteiger partial charge in [-0.1, -0.05) is 40.9 Å². The number of aromatic nitrogens is 2. The molecular weight excluding hydrogens is 270 g/mol. The molecule has 1 aromatic carbocycles. The highest BCUT2D eigenvalue weighted by Gasteiger charge is 2.07. The minimum atomic E-state index is -0.437. The molecule has 0 fully saturated rings. The highest BCUT2D eigenvalue weighted by Crippen LogP contribution is 2.15. The van der Waals surface area contributed by atoms with Crippen LogP contribution in [0, 0.1) is 0 Å². The van der Waals surface area contributed by atoms with E-state index in [1.807, 2.05) is 0 Å². The molecule has 2 aromatic rings. The van der Waals surface area contributed by atoms with E-state index in [0.29, 0.717) is 10.7 Å². The van der Waals surface area contributed by atoms with Crippen LogP contribution in [0.25, 0.3) is 5.69 Å². The van der Waals surface area contributed by atoms with E-state index in [-0.39, 0.29) is 10.2 Å². The fourth-order valence-electron chi connectivity index (χ4n) is 1.22. The summed E-state index contributed by atoms with van der Waals surface area (Å²) < 4.78 is 1.11. The van der Waals surface area contributed by atoms with Gasteiger partial charge in [-0.05, 0) is 18.2 Å². The summed E-state index contributed by atoms with van der Waals surface area (Å²) in [5.74, 6) is 0. The standard InChI is InChI=1S/C10H5Cl3N2O/c11-6-2-1-3-7(4-6)15-10(16)8(12)5-9(13)14-15/h1-5H. The van der Waals surface area contributed by atoms with Gasteiger partial charge in [-0.2, -0.15) is 9.78 Å². The molecule has 0 atom stereocenters. The number of benzene rings is 1. The summed E-state index contributed by atoms with van der Waals surface area (Å²) in [6.07, 6.45) is 0. The molecule has 1 aromatic heterocycles. The molecule has 0 saturated heterocycles. The van der Waals surface area contributed by atoms with Gasteiger partial charge >= 0.3 is 0 Å². The van der Waals surface area contributed by atoms with Gasteiger partial charge in [0, 0.05) is 11.1 Å². The van der Waals surface area contributed by atoms with Crippen LogP contribution in [-0.2, 0) is 0 Å². The molecule has 0 unspecified atom stereocenters. The van der Waals surface area contributed by atoms with Crippen LogP contribution < -0.4 is 5.56 Å². The third-order valence-electron chi connectivity index (χ3n) is 1.89. The van der Waals surface area contributed by atoms with Crippen LogP contribution in [0.2, 0.25) is 15.2 Å². The summed E-state index contributed by atoms with van der Waals surface area (Å²) in [6.45, 7) is 0. The molecule has 0 bridgehead atoms. The molecule has 0 spiro atoms. The minimum absolute atomic E-state index is 0.0139. The van der Waals surface area contributed by atoms with Gasteiger partial charge in [0.15, 0.2) is 5.15 Å². The summed E-state index contributed by atoms with van der Waals surface area (Å²) in [4.78, 5) is 11.7. The first-order valence-corrected chi connectivity index (χ1v) is 5.42. The van der Waals surface area contributed by atoms with E-state index >= 15 is 0 Å². The zero-order valence-corrected chi connectivity index (χ0v) is 10.1. The number of hydrogen-bond acceptors (Lipinski definition) is 2. The van der Waals surface area contributed by atoms with Crippen LogP contribution in [0.5, 0.6) is 0 Å². The molecule has 16 heavy (non-hydrogen) atoms. The average molecular weight is 276 g/mol. The monoisotopic (exact) mass is 274 g/mol. The number of rotatable bonds is 1. The second-order valence-corrected chi connectivity index (χ2v) is 4.24. The highest BCUT2D eigenvalue weighted by atomic mass is 35.5. The van der Waals surface area contributed by atoms with Crippen molar-refractivity contribution >= 4 is 34.8 Å². The van der Waals surface area contributed by atoms with Crippen molar-refractivity contribution < 1.29 is 0 Å². The first-order chi connectivity index (χ1) is 7.58. The third-order valence-corrected chi connectivity index (χ3v) is 2.58. The van der Waals surface area contributed by atoms with Gasteiger partial charge in [0.25, 0.3) is 5.56 Å². The Bertz CT molecular complexity index is 595. The normalized spacial score (nSPS) is 10.4. The molecule has 0 saturated carbocycles. The zero-order valence-electron chi connectivity index (χ0n) is 7.82. The molecule has 3 nitrogen and oxygen atoms in total. The maximum atomic E-state index is 11.7. The lowest BCUT2D eigenvalue weighted by molar-refractivity contribution is 0.808. The quantitative estimate of drug-likeness (QED) is 0.801. The maximum Gasteiger partial charge on any atom is 0.290 e. The van der Waals surface area contributed by atoms with Gasteiger partial charge in [0.2, 0.25) is 0 Å². The number of hydrogen-bond donors (Lipinski definition) is 0. The molecule has 0 aliphatic carbocycles. The van der Waals surface area contributed by atoms with Gasteiger partial charge < -0.3 is 0 Å². The lowest BCUT2D eigenvalue weighted by atomic mass is 10.3. The lowest BCUT2D eigenvalue weighted by Crippen LogP contribution is -2.21. The first-order valence-electron chi connectivity index (χ1n) is 4.29. The van der Waals surface area contributed by atoms with Gasteiger partial charge in [-0.25, -0.2) is 0 Å². The third kappa shape index (κ3) is 2.21. The van der Waals surface area contributed by atoms with E-state index in [9.17, 15) is 4.79 Å². The van der Waals surface area contributed by atoms with Crippen LogP contribution in [0.4, 0.5) is 0 Å². The van der Waals surface area contributed by atoms with E-state index in [4.69, 9.17) is 34.8 Å². The minimum Gasteiger partial charge on any atom is -0.266 e. The Morgan fingerprint density at radius 3 is 2.56 bits per heavy atom. The van der Waals surface area contributed by atoms with E-state index < -0.39 is 5.56 Å².